The third-order valence-corrected chi connectivity index (χ3v) is 5.20. The van der Waals surface area contributed by atoms with Gasteiger partial charge in [-0.15, -0.1) is 11.3 Å². The highest BCUT2D eigenvalue weighted by Crippen LogP contribution is 2.39. The molecule has 1 heterocycles. The van der Waals surface area contributed by atoms with Crippen LogP contribution in [0.2, 0.25) is 0 Å². The molecule has 0 spiro atoms. The molecule has 1 aromatic rings. The lowest BCUT2D eigenvalue weighted by molar-refractivity contribution is 0.0951. The van der Waals surface area contributed by atoms with Gasteiger partial charge in [-0.2, -0.15) is 0 Å². The molecule has 0 aromatic carbocycles. The van der Waals surface area contributed by atoms with Gasteiger partial charge in [0.2, 0.25) is 0 Å². The van der Waals surface area contributed by atoms with Crippen molar-refractivity contribution in [3.63, 3.8) is 0 Å². The minimum atomic E-state index is 0.0578. The largest absolute Gasteiger partial charge is 0.390 e. The number of nitrogen functional groups attached to an aromatic ring is 1. The van der Waals surface area contributed by atoms with Gasteiger partial charge in [0, 0.05) is 10.9 Å². The average molecular weight is 264 g/mol. The van der Waals surface area contributed by atoms with E-state index in [0.717, 1.165) is 42.2 Å². The molecule has 98 valence electrons. The molecule has 3 nitrogen and oxygen atoms in total. The second kappa shape index (κ2) is 4.57. The van der Waals surface area contributed by atoms with Gasteiger partial charge in [-0.05, 0) is 43.6 Å². The van der Waals surface area contributed by atoms with Crippen LogP contribution in [0.3, 0.4) is 0 Å². The zero-order chi connectivity index (χ0) is 12.7. The second-order valence-electron chi connectivity index (χ2n) is 5.51. The number of amides is 1. The summed E-state index contributed by atoms with van der Waals surface area (Å²) in [5.41, 5.74) is 8.09. The summed E-state index contributed by atoms with van der Waals surface area (Å²) < 4.78 is 0. The molecule has 0 bridgehead atoms. The maximum absolute atomic E-state index is 12.2. The molecular formula is C14H20N2OS. The first-order chi connectivity index (χ1) is 8.69. The van der Waals surface area contributed by atoms with Crippen molar-refractivity contribution in [3.05, 3.63) is 16.0 Å². The summed E-state index contributed by atoms with van der Waals surface area (Å²) in [6.45, 7) is 2.24. The van der Waals surface area contributed by atoms with Crippen LogP contribution in [0.5, 0.6) is 0 Å². The lowest BCUT2D eigenvalue weighted by atomic mass is 9.85. The van der Waals surface area contributed by atoms with E-state index in [1.165, 1.54) is 23.3 Å². The van der Waals surface area contributed by atoms with Crippen LogP contribution in [-0.4, -0.2) is 11.9 Å². The minimum absolute atomic E-state index is 0.0578. The maximum atomic E-state index is 12.2. The van der Waals surface area contributed by atoms with Crippen molar-refractivity contribution >= 4 is 22.2 Å². The number of fused-ring (bicyclic) bond motifs is 1. The topological polar surface area (TPSA) is 55.1 Å². The van der Waals surface area contributed by atoms with E-state index in [2.05, 4.69) is 12.2 Å². The molecule has 2 aliphatic rings. The van der Waals surface area contributed by atoms with Crippen molar-refractivity contribution < 1.29 is 4.79 Å². The number of anilines is 1. The van der Waals surface area contributed by atoms with E-state index in [9.17, 15) is 4.79 Å². The molecule has 1 amide bonds. The number of rotatable bonds is 3. The SMILES string of the molecule is CC[C@@H]1CCc2c(sc(N)c2C(=O)NC2CC2)C1. The average Bonchev–Trinajstić information content (AvgIpc) is 3.08. The van der Waals surface area contributed by atoms with Gasteiger partial charge in [0.1, 0.15) is 0 Å². The Balaban J connectivity index is 1.86. The standard InChI is InChI=1S/C14H20N2OS/c1-2-8-3-6-10-11(7-8)18-13(15)12(10)14(17)16-9-4-5-9/h8-9H,2-7,15H2,1H3,(H,16,17)/t8-/m1/s1. The molecule has 0 unspecified atom stereocenters. The number of hydrogen-bond acceptors (Lipinski definition) is 3. The maximum Gasteiger partial charge on any atom is 0.254 e. The van der Waals surface area contributed by atoms with Crippen LogP contribution in [-0.2, 0) is 12.8 Å². The zero-order valence-corrected chi connectivity index (χ0v) is 11.6. The Hall–Kier alpha value is -1.03. The van der Waals surface area contributed by atoms with Gasteiger partial charge in [0.15, 0.2) is 0 Å². The van der Waals surface area contributed by atoms with Crippen molar-refractivity contribution in [2.45, 2.75) is 51.5 Å². The predicted molar refractivity (Wildman–Crippen MR) is 75.0 cm³/mol. The lowest BCUT2D eigenvalue weighted by Gasteiger charge is -2.21. The smallest absolute Gasteiger partial charge is 0.254 e. The quantitative estimate of drug-likeness (QED) is 0.882. The summed E-state index contributed by atoms with van der Waals surface area (Å²) in [5.74, 6) is 0.831. The number of carbonyl (C=O) groups excluding carboxylic acids is 1. The van der Waals surface area contributed by atoms with E-state index in [4.69, 9.17) is 5.73 Å². The summed E-state index contributed by atoms with van der Waals surface area (Å²) in [4.78, 5) is 13.6. The molecule has 2 aliphatic carbocycles. The minimum Gasteiger partial charge on any atom is -0.390 e. The van der Waals surface area contributed by atoms with Gasteiger partial charge in [0.25, 0.3) is 5.91 Å². The van der Waals surface area contributed by atoms with E-state index in [-0.39, 0.29) is 5.91 Å². The van der Waals surface area contributed by atoms with Crippen LogP contribution in [0.4, 0.5) is 5.00 Å². The van der Waals surface area contributed by atoms with Crippen LogP contribution in [0.25, 0.3) is 0 Å². The van der Waals surface area contributed by atoms with Gasteiger partial charge in [-0.3, -0.25) is 4.79 Å². The fourth-order valence-electron chi connectivity index (χ4n) is 2.76. The number of carbonyl (C=O) groups is 1. The van der Waals surface area contributed by atoms with Crippen molar-refractivity contribution in [1.82, 2.24) is 5.32 Å². The van der Waals surface area contributed by atoms with E-state index in [1.807, 2.05) is 0 Å². The number of thiophene rings is 1. The van der Waals surface area contributed by atoms with Crippen LogP contribution in [0.1, 0.15) is 53.4 Å². The fraction of sp³-hybridized carbons (Fsp3) is 0.643. The lowest BCUT2D eigenvalue weighted by Crippen LogP contribution is -2.27. The van der Waals surface area contributed by atoms with Gasteiger partial charge >= 0.3 is 0 Å². The molecular weight excluding hydrogens is 244 g/mol. The van der Waals surface area contributed by atoms with Crippen LogP contribution >= 0.6 is 11.3 Å². The van der Waals surface area contributed by atoms with E-state index in [1.54, 1.807) is 11.3 Å². The van der Waals surface area contributed by atoms with E-state index in [0.29, 0.717) is 6.04 Å². The Morgan fingerprint density at radius 1 is 1.44 bits per heavy atom. The molecule has 18 heavy (non-hydrogen) atoms. The highest BCUT2D eigenvalue weighted by atomic mass is 32.1. The first-order valence-corrected chi connectivity index (χ1v) is 7.71. The third kappa shape index (κ3) is 2.14. The highest BCUT2D eigenvalue weighted by molar-refractivity contribution is 7.16. The summed E-state index contributed by atoms with van der Waals surface area (Å²) >= 11 is 1.63. The molecule has 1 atom stereocenters. The molecule has 3 N–H and O–H groups in total. The van der Waals surface area contributed by atoms with Crippen molar-refractivity contribution in [2.24, 2.45) is 5.92 Å². The number of hydrogen-bond donors (Lipinski definition) is 2. The monoisotopic (exact) mass is 264 g/mol. The molecule has 4 heteroatoms. The van der Waals surface area contributed by atoms with E-state index < -0.39 is 0 Å². The first kappa shape index (κ1) is 12.0. The van der Waals surface area contributed by atoms with Crippen LogP contribution < -0.4 is 11.1 Å². The van der Waals surface area contributed by atoms with Gasteiger partial charge in [-0.25, -0.2) is 0 Å². The van der Waals surface area contributed by atoms with Gasteiger partial charge in [-0.1, -0.05) is 13.3 Å². The normalized spacial score (nSPS) is 22.6. The van der Waals surface area contributed by atoms with Gasteiger partial charge < -0.3 is 11.1 Å². The Morgan fingerprint density at radius 3 is 2.89 bits per heavy atom. The molecule has 1 aromatic heterocycles. The predicted octanol–water partition coefficient (Wildman–Crippen LogP) is 2.74. The summed E-state index contributed by atoms with van der Waals surface area (Å²) in [6.07, 6.45) is 6.79. The Kier molecular flexibility index (Phi) is 3.06. The molecule has 0 radical (unpaired) electrons. The third-order valence-electron chi connectivity index (χ3n) is 4.11. The second-order valence-corrected chi connectivity index (χ2v) is 6.64. The Morgan fingerprint density at radius 2 is 2.22 bits per heavy atom. The van der Waals surface area contributed by atoms with Crippen molar-refractivity contribution in [2.75, 3.05) is 5.73 Å². The van der Waals surface area contributed by atoms with E-state index >= 15 is 0 Å². The van der Waals surface area contributed by atoms with Crippen molar-refractivity contribution in [3.8, 4) is 0 Å². The Labute approximate surface area is 112 Å². The molecule has 1 fully saturated rings. The first-order valence-electron chi connectivity index (χ1n) is 6.90. The molecule has 3 rings (SSSR count). The summed E-state index contributed by atoms with van der Waals surface area (Å²) in [6, 6.07) is 0.402. The molecule has 0 saturated heterocycles. The summed E-state index contributed by atoms with van der Waals surface area (Å²) in [7, 11) is 0. The van der Waals surface area contributed by atoms with Crippen LogP contribution in [0.15, 0.2) is 0 Å². The zero-order valence-electron chi connectivity index (χ0n) is 10.8. The number of nitrogens with one attached hydrogen (secondary N) is 1. The van der Waals surface area contributed by atoms with Crippen LogP contribution in [0, 0.1) is 5.92 Å². The molecule has 0 aliphatic heterocycles. The number of nitrogens with two attached hydrogens (primary N) is 1. The summed E-state index contributed by atoms with van der Waals surface area (Å²) in [5, 5.41) is 3.78. The fourth-order valence-corrected chi connectivity index (χ4v) is 3.99. The van der Waals surface area contributed by atoms with Gasteiger partial charge in [0.05, 0.1) is 10.6 Å². The molecule has 1 saturated carbocycles. The van der Waals surface area contributed by atoms with Crippen molar-refractivity contribution in [1.29, 1.82) is 0 Å². The highest BCUT2D eigenvalue weighted by Gasteiger charge is 2.30. The Bertz CT molecular complexity index is 476.